The van der Waals surface area contributed by atoms with E-state index in [0.717, 1.165) is 6.33 Å². The summed E-state index contributed by atoms with van der Waals surface area (Å²) in [5.41, 5.74) is 3.92. The first-order valence-electron chi connectivity index (χ1n) is 7.94. The van der Waals surface area contributed by atoms with Gasteiger partial charge in [-0.2, -0.15) is 18.0 Å². The quantitative estimate of drug-likeness (QED) is 0.182. The Morgan fingerprint density at radius 3 is 2.48 bits per heavy atom. The number of hydrogen-bond acceptors (Lipinski definition) is 13. The number of imidazole rings is 1. The van der Waals surface area contributed by atoms with Gasteiger partial charge in [0.2, 0.25) is 11.8 Å². The highest BCUT2D eigenvalue weighted by Crippen LogP contribution is 2.66. The number of anilines is 1. The molecule has 9 N–H and O–H groups in total. The second-order valence-corrected chi connectivity index (χ2v) is 10.5. The zero-order valence-electron chi connectivity index (χ0n) is 15.4. The van der Waals surface area contributed by atoms with E-state index in [1.807, 2.05) is 0 Å². The normalized spacial score (nSPS) is 25.1. The number of phosphoric acid groups is 3. The molecule has 0 bridgehead atoms. The van der Waals surface area contributed by atoms with E-state index in [4.69, 9.17) is 25.2 Å². The van der Waals surface area contributed by atoms with Crippen molar-refractivity contribution in [2.45, 2.75) is 12.0 Å². The Bertz CT molecular complexity index is 1330. The van der Waals surface area contributed by atoms with Crippen LogP contribution in [0, 0.1) is 0 Å². The van der Waals surface area contributed by atoms with Gasteiger partial charge in [-0.05, 0) is 0 Å². The number of fused-ring (bicyclic) bond motifs is 1. The number of ether oxygens (including phenoxy) is 1. The summed E-state index contributed by atoms with van der Waals surface area (Å²) in [4.78, 5) is 56.8. The summed E-state index contributed by atoms with van der Waals surface area (Å²) >= 11 is 0. The van der Waals surface area contributed by atoms with Crippen molar-refractivity contribution in [2.75, 3.05) is 12.3 Å². The maximum Gasteiger partial charge on any atom is 0.490 e. The summed E-state index contributed by atoms with van der Waals surface area (Å²) in [6, 6.07) is 0. The Hall–Kier alpha value is -2.21. The molecule has 23 heteroatoms. The molecule has 2 aromatic rings. The van der Waals surface area contributed by atoms with Crippen LogP contribution in [0.4, 0.5) is 10.3 Å². The summed E-state index contributed by atoms with van der Waals surface area (Å²) in [5, 5.41) is 20.0. The van der Waals surface area contributed by atoms with Crippen LogP contribution < -0.4 is 11.3 Å². The maximum atomic E-state index is 15.1. The van der Waals surface area contributed by atoms with Crippen molar-refractivity contribution in [3.05, 3.63) is 22.4 Å². The fourth-order valence-electron chi connectivity index (χ4n) is 2.42. The maximum absolute atomic E-state index is 15.1. The number of aliphatic hydroxyl groups is 2. The van der Waals surface area contributed by atoms with E-state index in [1.165, 1.54) is 0 Å². The highest BCUT2D eigenvalue weighted by molar-refractivity contribution is 7.66. The number of aromatic amines is 1. The zero-order chi connectivity index (χ0) is 25.0. The number of alkyl halides is 1. The third-order valence-electron chi connectivity index (χ3n) is 3.64. The van der Waals surface area contributed by atoms with E-state index in [-0.39, 0.29) is 11.2 Å². The highest BCUT2D eigenvalue weighted by atomic mass is 31.3. The summed E-state index contributed by atoms with van der Waals surface area (Å²) < 4.78 is 65.2. The first kappa shape index (κ1) is 25.4. The summed E-state index contributed by atoms with van der Waals surface area (Å²) in [6.07, 6.45) is -1.75. The first-order valence-corrected chi connectivity index (χ1v) is 12.5. The van der Waals surface area contributed by atoms with Crippen LogP contribution >= 0.6 is 23.5 Å². The SMILES string of the molecule is Nc1nc2c(ncn2C2=C(O)[C@H](O)[C@@](F)(COP(=O)(O)OP(=O)(O)OP(=O)(O)O)O2)c(=O)[nH]1. The minimum absolute atomic E-state index is 0.327. The lowest BCUT2D eigenvalue weighted by atomic mass is 10.2. The molecule has 4 atom stereocenters. The molecule has 1 aliphatic heterocycles. The minimum Gasteiger partial charge on any atom is -0.505 e. The Morgan fingerprint density at radius 2 is 1.88 bits per heavy atom. The van der Waals surface area contributed by atoms with Gasteiger partial charge in [-0.15, -0.1) is 0 Å². The fourth-order valence-corrected chi connectivity index (χ4v) is 5.45. The van der Waals surface area contributed by atoms with Gasteiger partial charge in [0, 0.05) is 0 Å². The molecule has 33 heavy (non-hydrogen) atoms. The largest absolute Gasteiger partial charge is 0.505 e. The number of nitrogen functional groups attached to an aromatic ring is 1. The van der Waals surface area contributed by atoms with Crippen molar-refractivity contribution in [1.29, 1.82) is 0 Å². The average Bonchev–Trinajstić information content (AvgIpc) is 3.12. The highest BCUT2D eigenvalue weighted by Gasteiger charge is 2.54. The van der Waals surface area contributed by atoms with E-state index in [2.05, 4.69) is 28.1 Å². The second-order valence-electron chi connectivity index (χ2n) is 6.08. The van der Waals surface area contributed by atoms with E-state index in [9.17, 15) is 33.6 Å². The number of aliphatic hydroxyl groups excluding tert-OH is 2. The lowest BCUT2D eigenvalue weighted by Crippen LogP contribution is -2.41. The number of hydrogen-bond donors (Lipinski definition) is 8. The molecule has 0 amide bonds. The molecule has 3 heterocycles. The van der Waals surface area contributed by atoms with Crippen LogP contribution in [0.3, 0.4) is 0 Å². The number of nitrogens with zero attached hydrogens (tertiary/aromatic N) is 3. The van der Waals surface area contributed by atoms with Crippen molar-refractivity contribution in [3.8, 4) is 0 Å². The Kier molecular flexibility index (Phi) is 6.33. The number of nitrogens with one attached hydrogen (secondary N) is 1. The number of rotatable bonds is 8. The van der Waals surface area contributed by atoms with E-state index in [0.29, 0.717) is 4.57 Å². The molecule has 0 radical (unpaired) electrons. The molecule has 2 unspecified atom stereocenters. The molecule has 0 aromatic carbocycles. The molecule has 0 fully saturated rings. The third kappa shape index (κ3) is 5.48. The molecule has 0 saturated heterocycles. The van der Waals surface area contributed by atoms with Gasteiger partial charge in [-0.25, -0.2) is 23.2 Å². The Morgan fingerprint density at radius 1 is 1.24 bits per heavy atom. The molecular weight excluding hydrogens is 526 g/mol. The van der Waals surface area contributed by atoms with Crippen molar-refractivity contribution in [1.82, 2.24) is 19.5 Å². The smallest absolute Gasteiger partial charge is 0.490 e. The molecule has 0 saturated carbocycles. The predicted molar refractivity (Wildman–Crippen MR) is 99.2 cm³/mol. The van der Waals surface area contributed by atoms with Crippen LogP contribution in [0.2, 0.25) is 0 Å². The molecule has 184 valence electrons. The molecule has 2 aromatic heterocycles. The van der Waals surface area contributed by atoms with Gasteiger partial charge < -0.3 is 40.3 Å². The second kappa shape index (κ2) is 8.23. The molecule has 0 aliphatic carbocycles. The van der Waals surface area contributed by atoms with Gasteiger partial charge in [0.05, 0.1) is 0 Å². The lowest BCUT2D eigenvalue weighted by molar-refractivity contribution is -0.164. The van der Waals surface area contributed by atoms with Crippen molar-refractivity contribution >= 4 is 46.5 Å². The fraction of sp³-hybridized carbons (Fsp3) is 0.300. The summed E-state index contributed by atoms with van der Waals surface area (Å²) in [7, 11) is -17.3. The summed E-state index contributed by atoms with van der Waals surface area (Å²) in [6.45, 7) is -1.76. The van der Waals surface area contributed by atoms with Crippen LogP contribution in [0.25, 0.3) is 17.0 Å². The molecule has 19 nitrogen and oxygen atoms in total. The van der Waals surface area contributed by atoms with Crippen molar-refractivity contribution < 1.29 is 65.8 Å². The Labute approximate surface area is 179 Å². The number of H-pyrrole nitrogens is 1. The minimum atomic E-state index is -5.89. The van der Waals surface area contributed by atoms with Crippen LogP contribution in [0.1, 0.15) is 0 Å². The number of aromatic nitrogens is 4. The average molecular weight is 539 g/mol. The van der Waals surface area contributed by atoms with Crippen molar-refractivity contribution in [2.24, 2.45) is 0 Å². The Balaban J connectivity index is 1.81. The van der Waals surface area contributed by atoms with E-state index >= 15 is 4.39 Å². The van der Waals surface area contributed by atoms with Crippen LogP contribution in [0.15, 0.2) is 16.9 Å². The predicted octanol–water partition coefficient (Wildman–Crippen LogP) is -1.21. The first-order chi connectivity index (χ1) is 14.9. The monoisotopic (exact) mass is 539 g/mol. The third-order valence-corrected chi connectivity index (χ3v) is 7.42. The van der Waals surface area contributed by atoms with Gasteiger partial charge >= 0.3 is 29.3 Å². The topological polar surface area (TPSA) is 299 Å². The number of halogens is 1. The van der Waals surface area contributed by atoms with Gasteiger partial charge in [0.1, 0.15) is 12.9 Å². The number of phosphoric ester groups is 1. The molecule has 3 rings (SSSR count). The summed E-state index contributed by atoms with van der Waals surface area (Å²) in [5.74, 6) is -6.03. The van der Waals surface area contributed by atoms with Crippen LogP contribution in [-0.4, -0.2) is 67.9 Å². The number of nitrogens with two attached hydrogens (primary N) is 1. The molecule has 1 aliphatic rings. The van der Waals surface area contributed by atoms with Gasteiger partial charge in [-0.1, -0.05) is 0 Å². The van der Waals surface area contributed by atoms with Gasteiger partial charge in [-0.3, -0.25) is 14.3 Å². The van der Waals surface area contributed by atoms with Crippen LogP contribution in [-0.2, 0) is 31.6 Å². The van der Waals surface area contributed by atoms with Gasteiger partial charge in [0.25, 0.3) is 5.56 Å². The molecular formula is C10H13FN5O14P3. The van der Waals surface area contributed by atoms with Crippen LogP contribution in [0.5, 0.6) is 0 Å². The van der Waals surface area contributed by atoms with Crippen molar-refractivity contribution in [3.63, 3.8) is 0 Å². The van der Waals surface area contributed by atoms with E-state index < -0.39 is 65.2 Å². The standard InChI is InChI=1S/C10H13FN5O14P3/c11-10(1-27-32(23,24)30-33(25,26)29-31(20,21)22)5(18)4(17)8(28-10)16-2-13-3-6(16)14-9(12)15-7(3)19/h2,5,17-18H,1H2,(H,23,24)(H,25,26)(H2,20,21,22)(H3,12,14,15,19)/t5-,10+/m0/s1. The van der Waals surface area contributed by atoms with Gasteiger partial charge in [0.15, 0.2) is 23.0 Å². The lowest BCUT2D eigenvalue weighted by Gasteiger charge is -2.24. The molecule has 0 spiro atoms. The van der Waals surface area contributed by atoms with E-state index in [1.54, 1.807) is 0 Å². The zero-order valence-corrected chi connectivity index (χ0v) is 18.1.